The topological polar surface area (TPSA) is 44.5 Å². The van der Waals surface area contributed by atoms with Gasteiger partial charge in [-0.25, -0.2) is 0 Å². The molecule has 2 rings (SSSR count). The van der Waals surface area contributed by atoms with Gasteiger partial charge in [0.25, 0.3) is 0 Å². The van der Waals surface area contributed by atoms with Crippen molar-refractivity contribution in [3.8, 4) is 5.75 Å². The van der Waals surface area contributed by atoms with E-state index in [1.807, 2.05) is 54.6 Å². The van der Waals surface area contributed by atoms with Gasteiger partial charge in [0.1, 0.15) is 5.75 Å². The second kappa shape index (κ2) is 9.40. The van der Waals surface area contributed by atoms with Gasteiger partial charge >= 0.3 is 0 Å². The van der Waals surface area contributed by atoms with E-state index < -0.39 is 0 Å². The zero-order chi connectivity index (χ0) is 14.2. The third kappa shape index (κ3) is 5.38. The molecule has 0 bridgehead atoms. The van der Waals surface area contributed by atoms with Crippen LogP contribution in [-0.4, -0.2) is 13.7 Å². The van der Waals surface area contributed by atoms with Crippen LogP contribution < -0.4 is 10.5 Å². The molecule has 2 N–H and O–H groups in total. The minimum atomic E-state index is 0. The minimum absolute atomic E-state index is 0. The van der Waals surface area contributed by atoms with Crippen LogP contribution in [0.2, 0.25) is 0 Å². The lowest BCUT2D eigenvalue weighted by atomic mass is 10.1. The van der Waals surface area contributed by atoms with Gasteiger partial charge in [0.2, 0.25) is 0 Å². The second-order valence-corrected chi connectivity index (χ2v) is 4.67. The number of methoxy groups -OCH3 is 1. The van der Waals surface area contributed by atoms with E-state index in [1.165, 1.54) is 0 Å². The fraction of sp³-hybridized carbons (Fsp3) is 0.294. The van der Waals surface area contributed by atoms with E-state index in [0.717, 1.165) is 23.3 Å². The zero-order valence-electron chi connectivity index (χ0n) is 12.2. The van der Waals surface area contributed by atoms with Crippen molar-refractivity contribution in [3.05, 3.63) is 65.7 Å². The molecule has 0 aromatic heterocycles. The van der Waals surface area contributed by atoms with Crippen molar-refractivity contribution in [1.82, 2.24) is 0 Å². The van der Waals surface area contributed by atoms with Gasteiger partial charge in [0.05, 0.1) is 13.7 Å². The number of nitrogens with two attached hydrogens (primary N) is 1. The molecule has 0 aliphatic heterocycles. The highest BCUT2D eigenvalue weighted by molar-refractivity contribution is 5.85. The van der Waals surface area contributed by atoms with Crippen molar-refractivity contribution in [3.63, 3.8) is 0 Å². The van der Waals surface area contributed by atoms with Crippen molar-refractivity contribution < 1.29 is 9.47 Å². The summed E-state index contributed by atoms with van der Waals surface area (Å²) >= 11 is 0. The molecule has 21 heavy (non-hydrogen) atoms. The monoisotopic (exact) mass is 307 g/mol. The maximum atomic E-state index is 6.13. The third-order valence-corrected chi connectivity index (χ3v) is 3.25. The number of para-hydroxylation sites is 1. The maximum Gasteiger partial charge on any atom is 0.124 e. The van der Waals surface area contributed by atoms with Crippen LogP contribution in [0.4, 0.5) is 0 Å². The number of rotatable bonds is 7. The molecule has 114 valence electrons. The van der Waals surface area contributed by atoms with Crippen LogP contribution in [0, 0.1) is 0 Å². The molecular formula is C17H22ClNO2. The maximum absolute atomic E-state index is 6.13. The highest BCUT2D eigenvalue weighted by Gasteiger charge is 2.06. The smallest absolute Gasteiger partial charge is 0.124 e. The van der Waals surface area contributed by atoms with E-state index in [4.69, 9.17) is 15.2 Å². The fourth-order valence-electron chi connectivity index (χ4n) is 2.08. The number of hydrogen-bond acceptors (Lipinski definition) is 3. The van der Waals surface area contributed by atoms with Crippen LogP contribution in [0.15, 0.2) is 54.6 Å². The standard InChI is InChI=1S/C17H21NO2.ClH/c1-19-17-10-6-5-9-15(17)13-20-12-11-16(18)14-7-3-2-4-8-14;/h2-10,16H,11-13,18H2,1H3;1H. The first-order chi connectivity index (χ1) is 9.81. The van der Waals surface area contributed by atoms with Gasteiger partial charge in [-0.15, -0.1) is 12.4 Å². The average Bonchev–Trinajstić information content (AvgIpc) is 2.52. The molecular weight excluding hydrogens is 286 g/mol. The van der Waals surface area contributed by atoms with Gasteiger partial charge in [-0.3, -0.25) is 0 Å². The van der Waals surface area contributed by atoms with E-state index in [1.54, 1.807) is 7.11 Å². The summed E-state index contributed by atoms with van der Waals surface area (Å²) in [5, 5.41) is 0. The van der Waals surface area contributed by atoms with Crippen LogP contribution in [0.25, 0.3) is 0 Å². The quantitative estimate of drug-likeness (QED) is 0.793. The minimum Gasteiger partial charge on any atom is -0.496 e. The Kier molecular flexibility index (Phi) is 7.83. The molecule has 1 unspecified atom stereocenters. The van der Waals surface area contributed by atoms with Crippen LogP contribution in [0.5, 0.6) is 5.75 Å². The SMILES string of the molecule is COc1ccccc1COCCC(N)c1ccccc1.Cl. The Morgan fingerprint density at radius 1 is 1.00 bits per heavy atom. The normalized spacial score (nSPS) is 11.5. The lowest BCUT2D eigenvalue weighted by molar-refractivity contribution is 0.112. The summed E-state index contributed by atoms with van der Waals surface area (Å²) < 4.78 is 11.0. The fourth-order valence-corrected chi connectivity index (χ4v) is 2.08. The molecule has 0 radical (unpaired) electrons. The first-order valence-corrected chi connectivity index (χ1v) is 6.81. The average molecular weight is 308 g/mol. The van der Waals surface area contributed by atoms with E-state index >= 15 is 0 Å². The molecule has 0 aliphatic rings. The van der Waals surface area contributed by atoms with Crippen molar-refractivity contribution >= 4 is 12.4 Å². The summed E-state index contributed by atoms with van der Waals surface area (Å²) in [7, 11) is 1.67. The molecule has 2 aromatic rings. The first kappa shape index (κ1) is 17.5. The van der Waals surface area contributed by atoms with Crippen LogP contribution in [0.3, 0.4) is 0 Å². The number of halogens is 1. The van der Waals surface area contributed by atoms with Crippen molar-refractivity contribution in [2.75, 3.05) is 13.7 Å². The van der Waals surface area contributed by atoms with Gasteiger partial charge in [-0.05, 0) is 18.1 Å². The molecule has 0 amide bonds. The van der Waals surface area contributed by atoms with Crippen molar-refractivity contribution in [2.45, 2.75) is 19.1 Å². The Morgan fingerprint density at radius 3 is 2.38 bits per heavy atom. The second-order valence-electron chi connectivity index (χ2n) is 4.67. The summed E-state index contributed by atoms with van der Waals surface area (Å²) in [6.07, 6.45) is 0.805. The van der Waals surface area contributed by atoms with E-state index in [0.29, 0.717) is 13.2 Å². The van der Waals surface area contributed by atoms with Crippen molar-refractivity contribution in [2.24, 2.45) is 5.73 Å². The molecule has 2 aromatic carbocycles. The highest BCUT2D eigenvalue weighted by Crippen LogP contribution is 2.19. The molecule has 0 fully saturated rings. The number of benzene rings is 2. The number of hydrogen-bond donors (Lipinski definition) is 1. The van der Waals surface area contributed by atoms with E-state index in [2.05, 4.69) is 0 Å². The van der Waals surface area contributed by atoms with Crippen LogP contribution >= 0.6 is 12.4 Å². The Morgan fingerprint density at radius 2 is 1.67 bits per heavy atom. The Hall–Kier alpha value is -1.55. The van der Waals surface area contributed by atoms with Gasteiger partial charge in [-0.2, -0.15) is 0 Å². The van der Waals surface area contributed by atoms with E-state index in [9.17, 15) is 0 Å². The lowest BCUT2D eigenvalue weighted by Gasteiger charge is -2.13. The zero-order valence-corrected chi connectivity index (χ0v) is 13.0. The Labute approximate surface area is 132 Å². The van der Waals surface area contributed by atoms with Gasteiger partial charge < -0.3 is 15.2 Å². The summed E-state index contributed by atoms with van der Waals surface area (Å²) in [6.45, 7) is 1.18. The Bertz CT molecular complexity index is 519. The lowest BCUT2D eigenvalue weighted by Crippen LogP contribution is -2.13. The molecule has 0 saturated heterocycles. The number of ether oxygens (including phenoxy) is 2. The Balaban J connectivity index is 0.00000220. The molecule has 0 heterocycles. The van der Waals surface area contributed by atoms with Gasteiger partial charge in [-0.1, -0.05) is 48.5 Å². The highest BCUT2D eigenvalue weighted by atomic mass is 35.5. The summed E-state index contributed by atoms with van der Waals surface area (Å²) in [5.74, 6) is 0.861. The van der Waals surface area contributed by atoms with Crippen LogP contribution in [0.1, 0.15) is 23.6 Å². The predicted octanol–water partition coefficient (Wildman–Crippen LogP) is 3.72. The largest absolute Gasteiger partial charge is 0.496 e. The molecule has 3 nitrogen and oxygen atoms in total. The molecule has 0 saturated carbocycles. The molecule has 0 aliphatic carbocycles. The molecule has 0 spiro atoms. The van der Waals surface area contributed by atoms with E-state index in [-0.39, 0.29) is 18.4 Å². The predicted molar refractivity (Wildman–Crippen MR) is 87.9 cm³/mol. The first-order valence-electron chi connectivity index (χ1n) is 6.81. The summed E-state index contributed by atoms with van der Waals surface area (Å²) in [4.78, 5) is 0. The summed E-state index contributed by atoms with van der Waals surface area (Å²) in [6, 6.07) is 18.0. The van der Waals surface area contributed by atoms with Gasteiger partial charge in [0, 0.05) is 18.2 Å². The summed E-state index contributed by atoms with van der Waals surface area (Å²) in [5.41, 5.74) is 8.33. The van der Waals surface area contributed by atoms with Crippen LogP contribution in [-0.2, 0) is 11.3 Å². The molecule has 4 heteroatoms. The van der Waals surface area contributed by atoms with Gasteiger partial charge in [0.15, 0.2) is 0 Å². The van der Waals surface area contributed by atoms with Crippen molar-refractivity contribution in [1.29, 1.82) is 0 Å². The third-order valence-electron chi connectivity index (χ3n) is 3.25. The molecule has 1 atom stereocenters.